The Morgan fingerprint density at radius 1 is 1.07 bits per heavy atom. The first-order valence-corrected chi connectivity index (χ1v) is 8.50. The van der Waals surface area contributed by atoms with Gasteiger partial charge >= 0.3 is 5.69 Å². The van der Waals surface area contributed by atoms with Crippen LogP contribution in [-0.2, 0) is 0 Å². The normalized spacial score (nSPS) is 10.5. The first kappa shape index (κ1) is 19.9. The number of ether oxygens (including phenoxy) is 2. The average Bonchev–Trinajstić information content (AvgIpc) is 2.70. The Hall–Kier alpha value is -3.88. The summed E-state index contributed by atoms with van der Waals surface area (Å²) in [5, 5.41) is 2.45. The van der Waals surface area contributed by atoms with Gasteiger partial charge in [-0.05, 0) is 36.8 Å². The van der Waals surface area contributed by atoms with Crippen LogP contribution in [0.5, 0.6) is 11.5 Å². The molecule has 0 saturated heterocycles. The van der Waals surface area contributed by atoms with Gasteiger partial charge in [0, 0.05) is 18.0 Å². The van der Waals surface area contributed by atoms with Crippen LogP contribution in [0, 0.1) is 12.7 Å². The molecule has 0 unspecified atom stereocenters. The first-order chi connectivity index (χ1) is 13.8. The topological polar surface area (TPSA) is 102 Å². The Morgan fingerprint density at radius 3 is 2.45 bits per heavy atom. The number of carbonyl (C=O) groups is 1. The highest BCUT2D eigenvalue weighted by Gasteiger charge is 2.17. The smallest absolute Gasteiger partial charge is 0.333 e. The molecule has 0 atom stereocenters. The summed E-state index contributed by atoms with van der Waals surface area (Å²) in [5.41, 5.74) is -1.11. The number of nitrogens with one attached hydrogen (secondary N) is 2. The Bertz CT molecular complexity index is 1200. The number of aromatic nitrogens is 2. The monoisotopic (exact) mass is 399 g/mol. The van der Waals surface area contributed by atoms with E-state index in [1.54, 1.807) is 6.92 Å². The fraction of sp³-hybridized carbons (Fsp3) is 0.150. The zero-order chi connectivity index (χ0) is 21.1. The van der Waals surface area contributed by atoms with E-state index in [-0.39, 0.29) is 16.9 Å². The van der Waals surface area contributed by atoms with Crippen LogP contribution in [-0.4, -0.2) is 29.7 Å². The fourth-order valence-corrected chi connectivity index (χ4v) is 2.70. The summed E-state index contributed by atoms with van der Waals surface area (Å²) in [7, 11) is 2.87. The van der Waals surface area contributed by atoms with E-state index in [2.05, 4.69) is 10.3 Å². The number of aromatic amines is 1. The highest BCUT2D eigenvalue weighted by atomic mass is 19.1. The number of halogens is 1. The molecule has 9 heteroatoms. The molecule has 2 N–H and O–H groups in total. The van der Waals surface area contributed by atoms with Gasteiger partial charge in [-0.1, -0.05) is 6.07 Å². The minimum absolute atomic E-state index is 0.182. The van der Waals surface area contributed by atoms with Gasteiger partial charge in [-0.3, -0.25) is 9.59 Å². The van der Waals surface area contributed by atoms with E-state index in [0.717, 1.165) is 16.8 Å². The maximum atomic E-state index is 13.7. The van der Waals surface area contributed by atoms with Gasteiger partial charge in [-0.15, -0.1) is 0 Å². The van der Waals surface area contributed by atoms with E-state index in [1.807, 2.05) is 0 Å². The van der Waals surface area contributed by atoms with Gasteiger partial charge in [0.15, 0.2) is 11.5 Å². The molecule has 150 valence electrons. The van der Waals surface area contributed by atoms with Crippen molar-refractivity contribution in [2.24, 2.45) is 0 Å². The van der Waals surface area contributed by atoms with Gasteiger partial charge in [-0.25, -0.2) is 13.8 Å². The maximum Gasteiger partial charge on any atom is 0.333 e. The molecule has 8 nitrogen and oxygen atoms in total. The van der Waals surface area contributed by atoms with Gasteiger partial charge in [0.25, 0.3) is 11.5 Å². The van der Waals surface area contributed by atoms with Gasteiger partial charge in [0.2, 0.25) is 0 Å². The number of hydrogen-bond donors (Lipinski definition) is 2. The molecule has 0 aliphatic carbocycles. The third-order valence-corrected chi connectivity index (χ3v) is 4.28. The summed E-state index contributed by atoms with van der Waals surface area (Å²) >= 11 is 0. The summed E-state index contributed by atoms with van der Waals surface area (Å²) in [6.45, 7) is 1.59. The number of benzene rings is 2. The molecule has 0 saturated carbocycles. The van der Waals surface area contributed by atoms with E-state index in [0.29, 0.717) is 17.1 Å². The van der Waals surface area contributed by atoms with Crippen molar-refractivity contribution in [3.63, 3.8) is 0 Å². The Morgan fingerprint density at radius 2 is 1.79 bits per heavy atom. The van der Waals surface area contributed by atoms with Crippen LogP contribution >= 0.6 is 0 Å². The SMILES string of the molecule is COc1ccc(-n2c(=O)[nH]cc(C(=O)Nc3ccc(C)c(F)c3)c2=O)cc1OC. The van der Waals surface area contributed by atoms with E-state index in [9.17, 15) is 18.8 Å². The summed E-state index contributed by atoms with van der Waals surface area (Å²) < 4.78 is 24.8. The second-order valence-electron chi connectivity index (χ2n) is 6.11. The minimum atomic E-state index is -0.842. The van der Waals surface area contributed by atoms with Crippen LogP contribution in [0.15, 0.2) is 52.2 Å². The van der Waals surface area contributed by atoms with E-state index in [1.165, 1.54) is 44.6 Å². The number of hydrogen-bond acceptors (Lipinski definition) is 5. The largest absolute Gasteiger partial charge is 0.493 e. The van der Waals surface area contributed by atoms with Crippen LogP contribution in [0.1, 0.15) is 15.9 Å². The van der Waals surface area contributed by atoms with Crippen molar-refractivity contribution in [2.45, 2.75) is 6.92 Å². The van der Waals surface area contributed by atoms with E-state index < -0.39 is 23.0 Å². The van der Waals surface area contributed by atoms with Crippen molar-refractivity contribution in [3.05, 3.63) is 80.4 Å². The van der Waals surface area contributed by atoms with Crippen LogP contribution in [0.25, 0.3) is 5.69 Å². The third kappa shape index (κ3) is 3.88. The van der Waals surface area contributed by atoms with E-state index in [4.69, 9.17) is 9.47 Å². The van der Waals surface area contributed by atoms with Crippen molar-refractivity contribution < 1.29 is 18.7 Å². The molecule has 2 aromatic carbocycles. The third-order valence-electron chi connectivity index (χ3n) is 4.28. The van der Waals surface area contributed by atoms with Crippen molar-refractivity contribution in [1.82, 2.24) is 9.55 Å². The zero-order valence-corrected chi connectivity index (χ0v) is 15.9. The maximum absolute atomic E-state index is 13.7. The number of carbonyl (C=O) groups excluding carboxylic acids is 1. The Kier molecular flexibility index (Phi) is 5.49. The molecule has 0 aliphatic rings. The standard InChI is InChI=1S/C20H18FN3O5/c1-11-4-5-12(8-15(11)21)23-18(25)14-10-22-20(27)24(19(14)26)13-6-7-16(28-2)17(9-13)29-3/h4-10H,1-3H3,(H,22,27)(H,23,25). The molecule has 0 bridgehead atoms. The van der Waals surface area contributed by atoms with Crippen molar-refractivity contribution >= 4 is 11.6 Å². The second kappa shape index (κ2) is 8.01. The van der Waals surface area contributed by atoms with Gasteiger partial charge < -0.3 is 19.8 Å². The number of methoxy groups -OCH3 is 2. The molecule has 0 fully saturated rings. The predicted molar refractivity (Wildman–Crippen MR) is 105 cm³/mol. The molecular weight excluding hydrogens is 381 g/mol. The van der Waals surface area contributed by atoms with Gasteiger partial charge in [-0.2, -0.15) is 0 Å². The Labute approximate surface area is 164 Å². The molecule has 1 aromatic heterocycles. The minimum Gasteiger partial charge on any atom is -0.493 e. The van der Waals surface area contributed by atoms with E-state index >= 15 is 0 Å². The summed E-state index contributed by atoms with van der Waals surface area (Å²) in [6, 6.07) is 8.60. The number of H-pyrrole nitrogens is 1. The molecule has 0 spiro atoms. The molecule has 1 amide bonds. The summed E-state index contributed by atoms with van der Waals surface area (Å²) in [5.74, 6) is -0.562. The number of anilines is 1. The quantitative estimate of drug-likeness (QED) is 0.685. The Balaban J connectivity index is 2.03. The van der Waals surface area contributed by atoms with Gasteiger partial charge in [0.05, 0.1) is 19.9 Å². The molecule has 29 heavy (non-hydrogen) atoms. The summed E-state index contributed by atoms with van der Waals surface area (Å²) in [4.78, 5) is 40.0. The molecular formula is C20H18FN3O5. The number of aryl methyl sites for hydroxylation is 1. The molecule has 1 heterocycles. The lowest BCUT2D eigenvalue weighted by Crippen LogP contribution is -2.38. The molecule has 0 radical (unpaired) electrons. The van der Waals surface area contributed by atoms with Crippen molar-refractivity contribution in [1.29, 1.82) is 0 Å². The lowest BCUT2D eigenvalue weighted by Gasteiger charge is -2.11. The average molecular weight is 399 g/mol. The molecule has 3 rings (SSSR count). The molecule has 3 aromatic rings. The van der Waals surface area contributed by atoms with Crippen molar-refractivity contribution in [2.75, 3.05) is 19.5 Å². The fourth-order valence-electron chi connectivity index (χ4n) is 2.70. The highest BCUT2D eigenvalue weighted by molar-refractivity contribution is 6.03. The second-order valence-corrected chi connectivity index (χ2v) is 6.11. The number of nitrogens with zero attached hydrogens (tertiary/aromatic N) is 1. The highest BCUT2D eigenvalue weighted by Crippen LogP contribution is 2.28. The van der Waals surface area contributed by atoms with Crippen LogP contribution < -0.4 is 26.0 Å². The summed E-state index contributed by atoms with van der Waals surface area (Å²) in [6.07, 6.45) is 1.02. The first-order valence-electron chi connectivity index (χ1n) is 8.50. The van der Waals surface area contributed by atoms with Gasteiger partial charge in [0.1, 0.15) is 11.4 Å². The zero-order valence-electron chi connectivity index (χ0n) is 15.9. The van der Waals surface area contributed by atoms with Crippen molar-refractivity contribution in [3.8, 4) is 17.2 Å². The number of amides is 1. The van der Waals surface area contributed by atoms with Crippen LogP contribution in [0.3, 0.4) is 0 Å². The number of rotatable bonds is 5. The lowest BCUT2D eigenvalue weighted by molar-refractivity contribution is 0.102. The predicted octanol–water partition coefficient (Wildman–Crippen LogP) is 2.24. The lowest BCUT2D eigenvalue weighted by atomic mass is 10.2. The molecule has 0 aliphatic heterocycles. The van der Waals surface area contributed by atoms with Crippen LogP contribution in [0.2, 0.25) is 0 Å². The van der Waals surface area contributed by atoms with Crippen LogP contribution in [0.4, 0.5) is 10.1 Å².